The van der Waals surface area contributed by atoms with Gasteiger partial charge < -0.3 is 19.3 Å². The van der Waals surface area contributed by atoms with E-state index in [1.807, 2.05) is 99.2 Å². The number of carbonyl (C=O) groups excluding carboxylic acids is 4. The number of aromatic nitrogens is 4. The van der Waals surface area contributed by atoms with Crippen molar-refractivity contribution in [1.82, 2.24) is 30.0 Å². The molecule has 0 radical (unpaired) electrons. The second-order valence-corrected chi connectivity index (χ2v) is 23.5. The number of para-hydroxylation sites is 1. The smallest absolute Gasteiger partial charge is 0.358 e. The second-order valence-electron chi connectivity index (χ2n) is 22.5. The lowest BCUT2D eigenvalue weighted by atomic mass is 9.84. The van der Waals surface area contributed by atoms with Gasteiger partial charge in [0, 0.05) is 74.4 Å². The third-order valence-electron chi connectivity index (χ3n) is 16.1. The minimum atomic E-state index is -0.733. The van der Waals surface area contributed by atoms with Crippen LogP contribution in [0.1, 0.15) is 128 Å². The van der Waals surface area contributed by atoms with Crippen LogP contribution < -0.4 is 25.2 Å². The van der Waals surface area contributed by atoms with E-state index >= 15 is 0 Å². The van der Waals surface area contributed by atoms with Crippen LogP contribution >= 0.6 is 11.3 Å². The Kier molecular flexibility index (Phi) is 14.6. The lowest BCUT2D eigenvalue weighted by Crippen LogP contribution is -2.52. The molecule has 16 heteroatoms. The van der Waals surface area contributed by atoms with Gasteiger partial charge >= 0.3 is 5.97 Å². The molecule has 1 saturated carbocycles. The van der Waals surface area contributed by atoms with Crippen molar-refractivity contribution in [1.29, 1.82) is 0 Å². The van der Waals surface area contributed by atoms with Gasteiger partial charge in [-0.1, -0.05) is 47.7 Å². The van der Waals surface area contributed by atoms with Crippen LogP contribution in [0.4, 0.5) is 16.6 Å². The van der Waals surface area contributed by atoms with Crippen molar-refractivity contribution in [2.45, 2.75) is 123 Å². The van der Waals surface area contributed by atoms with Gasteiger partial charge in [0.05, 0.1) is 33.4 Å². The third kappa shape index (κ3) is 11.2. The van der Waals surface area contributed by atoms with E-state index in [0.29, 0.717) is 66.4 Å². The number of piperazine rings is 1. The number of hydrogen-bond acceptors (Lipinski definition) is 13. The second kappa shape index (κ2) is 21.7. The number of amides is 3. The van der Waals surface area contributed by atoms with Crippen LogP contribution in [-0.4, -0.2) is 98.8 Å². The summed E-state index contributed by atoms with van der Waals surface area (Å²) in [4.78, 5) is 69.4. The number of thiazole rings is 1. The molecule has 0 bridgehead atoms. The van der Waals surface area contributed by atoms with Crippen LogP contribution in [0.2, 0.25) is 0 Å². The molecule has 3 amide bonds. The third-order valence-corrected chi connectivity index (χ3v) is 17.1. The number of imide groups is 1. The first-order valence-electron chi connectivity index (χ1n) is 27.5. The molecule has 1 aliphatic carbocycles. The zero-order valence-corrected chi connectivity index (χ0v) is 45.9. The molecule has 6 heterocycles. The monoisotopic (exact) mass is 1060 g/mol. The van der Waals surface area contributed by atoms with Crippen LogP contribution in [0.15, 0.2) is 91.0 Å². The van der Waals surface area contributed by atoms with Crippen molar-refractivity contribution in [2.75, 3.05) is 47.8 Å². The Hall–Kier alpha value is -7.17. The number of pyridine rings is 1. The number of fused-ring (bicyclic) bond motifs is 3. The van der Waals surface area contributed by atoms with Crippen molar-refractivity contribution in [2.24, 2.45) is 13.0 Å². The van der Waals surface area contributed by atoms with Gasteiger partial charge in [-0.3, -0.25) is 34.6 Å². The molecule has 2 atom stereocenters. The van der Waals surface area contributed by atoms with Crippen LogP contribution in [0.25, 0.3) is 32.2 Å². The number of carbonyl (C=O) groups is 4. The Labute approximate surface area is 454 Å². The van der Waals surface area contributed by atoms with E-state index in [1.165, 1.54) is 29.9 Å². The molecule has 11 rings (SSSR count). The molecule has 1 unspecified atom stereocenters. The maximum absolute atomic E-state index is 14.1. The van der Waals surface area contributed by atoms with Crippen molar-refractivity contribution in [3.63, 3.8) is 0 Å². The van der Waals surface area contributed by atoms with Crippen LogP contribution in [0, 0.1) is 12.8 Å². The first-order valence-corrected chi connectivity index (χ1v) is 28.3. The number of benzene rings is 4. The van der Waals surface area contributed by atoms with Gasteiger partial charge in [-0.25, -0.2) is 14.8 Å². The molecule has 4 aromatic carbocycles. The van der Waals surface area contributed by atoms with Gasteiger partial charge in [0.15, 0.2) is 10.8 Å². The summed E-state index contributed by atoms with van der Waals surface area (Å²) < 4.78 is 15.7. The van der Waals surface area contributed by atoms with Crippen molar-refractivity contribution < 1.29 is 28.7 Å². The summed E-state index contributed by atoms with van der Waals surface area (Å²) in [5.74, 6) is 0.552. The van der Waals surface area contributed by atoms with Crippen LogP contribution in [-0.2, 0) is 34.3 Å². The van der Waals surface area contributed by atoms with E-state index in [-0.39, 0.29) is 29.5 Å². The van der Waals surface area contributed by atoms with Crippen molar-refractivity contribution in [3.8, 4) is 16.9 Å². The van der Waals surface area contributed by atoms with Gasteiger partial charge in [0.2, 0.25) is 11.8 Å². The predicted molar refractivity (Wildman–Crippen MR) is 303 cm³/mol. The zero-order chi connectivity index (χ0) is 53.5. The molecule has 3 aromatic heterocycles. The molecule has 2 saturated heterocycles. The normalized spacial score (nSPS) is 20.3. The molecule has 7 aromatic rings. The molecule has 3 aliphatic heterocycles. The highest BCUT2D eigenvalue weighted by atomic mass is 32.1. The van der Waals surface area contributed by atoms with E-state index in [9.17, 15) is 19.2 Å². The predicted octanol–water partition coefficient (Wildman–Crippen LogP) is 10.8. The molecule has 0 spiro atoms. The summed E-state index contributed by atoms with van der Waals surface area (Å²) in [6, 6.07) is 30.6. The Morgan fingerprint density at radius 1 is 0.857 bits per heavy atom. The summed E-state index contributed by atoms with van der Waals surface area (Å²) in [5.41, 5.74) is 8.43. The highest BCUT2D eigenvalue weighted by Gasteiger charge is 2.33. The number of hydrogen-bond donors (Lipinski definition) is 2. The number of nitrogens with zero attached hydrogens (tertiary/aromatic N) is 7. The molecule has 4 aliphatic rings. The van der Waals surface area contributed by atoms with Gasteiger partial charge in [0.1, 0.15) is 17.2 Å². The average molecular weight is 1060 g/mol. The summed E-state index contributed by atoms with van der Waals surface area (Å²) in [7, 11) is 1.93. The molecule has 2 N–H and O–H groups in total. The van der Waals surface area contributed by atoms with Crippen molar-refractivity contribution in [3.05, 3.63) is 125 Å². The number of anilines is 3. The molecule has 400 valence electrons. The fourth-order valence-electron chi connectivity index (χ4n) is 12.0. The fraction of sp³-hybridized carbons (Fsp3) is 0.426. The number of nitrogens with one attached hydrogen (secondary N) is 2. The minimum Gasteiger partial charge on any atom is -0.490 e. The first kappa shape index (κ1) is 51.9. The highest BCUT2D eigenvalue weighted by Crippen LogP contribution is 2.39. The van der Waals surface area contributed by atoms with Gasteiger partial charge in [-0.15, -0.1) is 0 Å². The summed E-state index contributed by atoms with van der Waals surface area (Å²) in [6.45, 7) is 15.1. The van der Waals surface area contributed by atoms with E-state index in [1.54, 1.807) is 0 Å². The minimum absolute atomic E-state index is 0.115. The SMILES string of the molecule is Cc1c(OC2CCC(CCCN3CCN(c4ccc5c(C6CCC(=O)NC6=O)nn(C)c5c4)C[C@@H]3C)CC2)cccc1-c1ccc(N2CCc3cccc(C(=O)Nc4nc5ccccc5s4)c3C2)nc1C(=O)OC(C)(C)C. The van der Waals surface area contributed by atoms with E-state index in [4.69, 9.17) is 19.6 Å². The summed E-state index contributed by atoms with van der Waals surface area (Å²) in [6.07, 6.45) is 8.32. The lowest BCUT2D eigenvalue weighted by Gasteiger charge is -2.41. The maximum atomic E-state index is 14.1. The van der Waals surface area contributed by atoms with Gasteiger partial charge in [-0.2, -0.15) is 5.10 Å². The largest absolute Gasteiger partial charge is 0.490 e. The van der Waals surface area contributed by atoms with Gasteiger partial charge in [-0.05, 0) is 175 Å². The highest BCUT2D eigenvalue weighted by molar-refractivity contribution is 7.22. The number of rotatable bonds is 13. The number of aryl methyl sites for hydroxylation is 1. The van der Waals surface area contributed by atoms with E-state index in [0.717, 1.165) is 107 Å². The fourth-order valence-corrected chi connectivity index (χ4v) is 12.8. The summed E-state index contributed by atoms with van der Waals surface area (Å²) in [5, 5.41) is 11.8. The Bertz CT molecular complexity index is 3360. The Balaban J connectivity index is 0.698. The standard InChI is InChI=1S/C61H69N9O6S/c1-37-35-69(41-21-24-46-50(34-41)67(6)66-55(46)47-26-28-54(71)64-58(47)73)33-32-68(37)30-11-12-39-19-22-42(23-20-39)75-51-17-10-14-43(38(51)2)44-25-27-53(63-56(44)59(74)76-61(3,4)5)70-31-29-40-13-9-15-45(48(40)36-70)57(72)65-60-62-49-16-7-8-18-52(49)77-60/h7-10,13-18,21,24-25,27,34,37,39,42,47H,11-12,19-20,22-23,26,28-33,35-36H2,1-6H3,(H,62,65,72)(H,64,71,73)/t37-,39?,42?,47?/m0/s1. The van der Waals surface area contributed by atoms with Gasteiger partial charge in [0.25, 0.3) is 5.91 Å². The molecular weight excluding hydrogens is 987 g/mol. The quantitative estimate of drug-likeness (QED) is 0.0831. The topological polar surface area (TPSA) is 164 Å². The Morgan fingerprint density at radius 2 is 1.68 bits per heavy atom. The lowest BCUT2D eigenvalue weighted by molar-refractivity contribution is -0.134. The average Bonchev–Trinajstić information content (AvgIpc) is 4.05. The maximum Gasteiger partial charge on any atom is 0.358 e. The van der Waals surface area contributed by atoms with E-state index < -0.39 is 17.5 Å². The molecular formula is C61H69N9O6S. The molecule has 77 heavy (non-hydrogen) atoms. The first-order chi connectivity index (χ1) is 37.1. The zero-order valence-electron chi connectivity index (χ0n) is 45.1. The Morgan fingerprint density at radius 3 is 2.47 bits per heavy atom. The van der Waals surface area contributed by atoms with Crippen LogP contribution in [0.5, 0.6) is 5.75 Å². The molecule has 3 fully saturated rings. The van der Waals surface area contributed by atoms with E-state index in [2.05, 4.69) is 68.4 Å². The van der Waals surface area contributed by atoms with Crippen LogP contribution in [0.3, 0.4) is 0 Å². The molecule has 15 nitrogen and oxygen atoms in total. The van der Waals surface area contributed by atoms with Crippen molar-refractivity contribution >= 4 is 72.8 Å². The summed E-state index contributed by atoms with van der Waals surface area (Å²) >= 11 is 1.45. The number of ether oxygens (including phenoxy) is 2. The number of esters is 1. The number of piperidine rings is 1.